The first-order valence-electron chi connectivity index (χ1n) is 8.74. The molecule has 0 N–H and O–H groups in total. The highest BCUT2D eigenvalue weighted by Crippen LogP contribution is 2.44. The summed E-state index contributed by atoms with van der Waals surface area (Å²) in [6.45, 7) is 1.99. The van der Waals surface area contributed by atoms with Crippen molar-refractivity contribution in [1.29, 1.82) is 0 Å². The van der Waals surface area contributed by atoms with Gasteiger partial charge in [0.25, 0.3) is 0 Å². The highest BCUT2D eigenvalue weighted by molar-refractivity contribution is 6.05. The number of Topliss-reactive ketones (excluding diaryl/α,β-unsaturated/α-hetero) is 2. The molecule has 4 rings (SSSR count). The molecule has 25 heavy (non-hydrogen) atoms. The molecule has 0 saturated carbocycles. The molecule has 126 valence electrons. The van der Waals surface area contributed by atoms with Crippen LogP contribution in [0.15, 0.2) is 65.9 Å². The lowest BCUT2D eigenvalue weighted by atomic mass is 9.80. The highest BCUT2D eigenvalue weighted by Gasteiger charge is 2.45. The Morgan fingerprint density at radius 1 is 1.00 bits per heavy atom. The maximum Gasteiger partial charge on any atom is 0.204 e. The van der Waals surface area contributed by atoms with Gasteiger partial charge in [0.05, 0.1) is 5.92 Å². The molecule has 2 aliphatic rings. The van der Waals surface area contributed by atoms with Gasteiger partial charge in [-0.1, -0.05) is 60.2 Å². The topological polar surface area (TPSA) is 43.4 Å². The van der Waals surface area contributed by atoms with Crippen molar-refractivity contribution in [3.8, 4) is 0 Å². The van der Waals surface area contributed by atoms with E-state index in [0.717, 1.165) is 29.7 Å². The predicted molar refractivity (Wildman–Crippen MR) is 95.4 cm³/mol. The molecule has 0 amide bonds. The lowest BCUT2D eigenvalue weighted by molar-refractivity contribution is -0.116. The van der Waals surface area contributed by atoms with Crippen LogP contribution in [0.1, 0.15) is 46.7 Å². The third-order valence-electron chi connectivity index (χ3n) is 5.04. The molecular weight excluding hydrogens is 312 g/mol. The molecule has 0 fully saturated rings. The Labute approximate surface area is 147 Å². The number of aryl methyl sites for hydroxylation is 1. The summed E-state index contributed by atoms with van der Waals surface area (Å²) in [7, 11) is 0. The maximum atomic E-state index is 13.1. The molecule has 1 aliphatic heterocycles. The standard InChI is InChI=1S/C22H20O3/c1-14-10-12-16(13-11-14)21(24)22-19(15-6-3-2-4-7-15)20-17(23)8-5-9-18(20)25-22/h2-4,6-7,10-13,19,22H,5,8-9H2,1H3/t19-,22-/m0/s1. The Balaban J connectivity index is 1.76. The van der Waals surface area contributed by atoms with Crippen LogP contribution in [0.2, 0.25) is 0 Å². The molecule has 1 aliphatic carbocycles. The first-order chi connectivity index (χ1) is 12.1. The zero-order valence-corrected chi connectivity index (χ0v) is 14.2. The number of carbonyl (C=O) groups is 2. The second-order valence-electron chi connectivity index (χ2n) is 6.77. The molecule has 0 saturated heterocycles. The van der Waals surface area contributed by atoms with Crippen molar-refractivity contribution >= 4 is 11.6 Å². The number of allylic oxidation sites excluding steroid dienone is 1. The van der Waals surface area contributed by atoms with Gasteiger partial charge in [-0.05, 0) is 18.9 Å². The fourth-order valence-corrected chi connectivity index (χ4v) is 3.77. The van der Waals surface area contributed by atoms with Crippen LogP contribution in [0.25, 0.3) is 0 Å². The van der Waals surface area contributed by atoms with E-state index in [1.54, 1.807) is 0 Å². The van der Waals surface area contributed by atoms with Crippen molar-refractivity contribution in [3.63, 3.8) is 0 Å². The zero-order chi connectivity index (χ0) is 17.4. The SMILES string of the molecule is Cc1ccc(C(=O)[C@H]2OC3=C(C(=O)CCC3)[C@@H]2c2ccccc2)cc1. The van der Waals surface area contributed by atoms with Crippen molar-refractivity contribution in [3.05, 3.63) is 82.6 Å². The van der Waals surface area contributed by atoms with Crippen molar-refractivity contribution < 1.29 is 14.3 Å². The van der Waals surface area contributed by atoms with Crippen molar-refractivity contribution in [2.45, 2.75) is 38.2 Å². The molecule has 2 atom stereocenters. The molecule has 3 heteroatoms. The van der Waals surface area contributed by atoms with Crippen LogP contribution < -0.4 is 0 Å². The van der Waals surface area contributed by atoms with Gasteiger partial charge in [-0.25, -0.2) is 0 Å². The minimum Gasteiger partial charge on any atom is -0.485 e. The second kappa shape index (κ2) is 6.32. The Bertz CT molecular complexity index is 847. The predicted octanol–water partition coefficient (Wildman–Crippen LogP) is 4.37. The molecule has 2 aromatic carbocycles. The number of ether oxygens (including phenoxy) is 1. The van der Waals surface area contributed by atoms with Crippen molar-refractivity contribution in [2.24, 2.45) is 0 Å². The summed E-state index contributed by atoms with van der Waals surface area (Å²) < 4.78 is 6.06. The maximum absolute atomic E-state index is 13.1. The van der Waals surface area contributed by atoms with Crippen LogP contribution in [0.4, 0.5) is 0 Å². The van der Waals surface area contributed by atoms with Gasteiger partial charge in [-0.3, -0.25) is 9.59 Å². The minimum atomic E-state index is -0.655. The molecule has 3 nitrogen and oxygen atoms in total. The van der Waals surface area contributed by atoms with E-state index in [1.807, 2.05) is 61.5 Å². The van der Waals surface area contributed by atoms with Crippen molar-refractivity contribution in [2.75, 3.05) is 0 Å². The summed E-state index contributed by atoms with van der Waals surface area (Å²) >= 11 is 0. The van der Waals surface area contributed by atoms with Crippen LogP contribution in [0.5, 0.6) is 0 Å². The van der Waals surface area contributed by atoms with Gasteiger partial charge in [0, 0.05) is 24.0 Å². The molecule has 0 spiro atoms. The van der Waals surface area contributed by atoms with Gasteiger partial charge in [0.2, 0.25) is 5.78 Å². The van der Waals surface area contributed by atoms with Gasteiger partial charge >= 0.3 is 0 Å². The Morgan fingerprint density at radius 3 is 2.44 bits per heavy atom. The van der Waals surface area contributed by atoms with Gasteiger partial charge in [0.1, 0.15) is 5.76 Å². The molecule has 1 heterocycles. The normalized spacial score (nSPS) is 22.5. The summed E-state index contributed by atoms with van der Waals surface area (Å²) in [4.78, 5) is 25.7. The molecule has 0 unspecified atom stereocenters. The van der Waals surface area contributed by atoms with Crippen LogP contribution in [0.3, 0.4) is 0 Å². The van der Waals surface area contributed by atoms with Gasteiger partial charge in [-0.2, -0.15) is 0 Å². The molecular formula is C22H20O3. The molecule has 0 aromatic heterocycles. The lowest BCUT2D eigenvalue weighted by Gasteiger charge is -2.20. The third-order valence-corrected chi connectivity index (χ3v) is 5.04. The summed E-state index contributed by atoms with van der Waals surface area (Å²) in [5.41, 5.74) is 3.41. The van der Waals surface area contributed by atoms with Crippen LogP contribution in [-0.2, 0) is 9.53 Å². The van der Waals surface area contributed by atoms with E-state index >= 15 is 0 Å². The number of ketones is 2. The van der Waals surface area contributed by atoms with E-state index in [4.69, 9.17) is 4.74 Å². The third kappa shape index (κ3) is 2.80. The number of benzene rings is 2. The molecule has 0 radical (unpaired) electrons. The minimum absolute atomic E-state index is 0.0592. The van der Waals surface area contributed by atoms with E-state index in [9.17, 15) is 9.59 Å². The number of hydrogen-bond acceptors (Lipinski definition) is 3. The van der Waals surface area contributed by atoms with Crippen LogP contribution in [0, 0.1) is 6.92 Å². The fraction of sp³-hybridized carbons (Fsp3) is 0.273. The fourth-order valence-electron chi connectivity index (χ4n) is 3.77. The highest BCUT2D eigenvalue weighted by atomic mass is 16.5. The number of rotatable bonds is 3. The first kappa shape index (κ1) is 15.8. The smallest absolute Gasteiger partial charge is 0.204 e. The molecule has 2 aromatic rings. The van der Waals surface area contributed by atoms with E-state index in [0.29, 0.717) is 17.6 Å². The summed E-state index contributed by atoms with van der Waals surface area (Å²) in [6, 6.07) is 17.3. The average Bonchev–Trinajstić information content (AvgIpc) is 3.03. The Morgan fingerprint density at radius 2 is 1.72 bits per heavy atom. The monoisotopic (exact) mass is 332 g/mol. The van der Waals surface area contributed by atoms with Gasteiger partial charge in [0.15, 0.2) is 11.9 Å². The van der Waals surface area contributed by atoms with E-state index in [2.05, 4.69) is 0 Å². The average molecular weight is 332 g/mol. The quantitative estimate of drug-likeness (QED) is 0.784. The summed E-state index contributed by atoms with van der Waals surface area (Å²) in [5, 5.41) is 0. The first-order valence-corrected chi connectivity index (χ1v) is 8.74. The van der Waals surface area contributed by atoms with Gasteiger partial charge < -0.3 is 4.74 Å². The Kier molecular flexibility index (Phi) is 4.00. The van der Waals surface area contributed by atoms with Crippen molar-refractivity contribution in [1.82, 2.24) is 0 Å². The van der Waals surface area contributed by atoms with Gasteiger partial charge in [-0.15, -0.1) is 0 Å². The summed E-state index contributed by atoms with van der Waals surface area (Å²) in [5.74, 6) is 0.471. The van der Waals surface area contributed by atoms with E-state index in [-0.39, 0.29) is 17.5 Å². The zero-order valence-electron chi connectivity index (χ0n) is 14.2. The summed E-state index contributed by atoms with van der Waals surface area (Å²) in [6.07, 6.45) is 1.42. The largest absolute Gasteiger partial charge is 0.485 e. The van der Waals surface area contributed by atoms with E-state index in [1.165, 1.54) is 0 Å². The van der Waals surface area contributed by atoms with Crippen LogP contribution in [-0.4, -0.2) is 17.7 Å². The number of carbonyl (C=O) groups excluding carboxylic acids is 2. The lowest BCUT2D eigenvalue weighted by Crippen LogP contribution is -2.28. The van der Waals surface area contributed by atoms with Crippen LogP contribution >= 0.6 is 0 Å². The second-order valence-corrected chi connectivity index (χ2v) is 6.77. The Hall–Kier alpha value is -2.68. The number of hydrogen-bond donors (Lipinski definition) is 0. The molecule has 0 bridgehead atoms. The van der Waals surface area contributed by atoms with E-state index < -0.39 is 6.10 Å².